The number of carbonyl (C=O) groups excluding carboxylic acids is 1. The minimum absolute atomic E-state index is 0.172. The summed E-state index contributed by atoms with van der Waals surface area (Å²) in [6.45, 7) is 7.14. The van der Waals surface area contributed by atoms with Crippen LogP contribution in [0.3, 0.4) is 0 Å². The van der Waals surface area contributed by atoms with Crippen molar-refractivity contribution < 1.29 is 17.9 Å². The Balaban J connectivity index is 1.49. The molecule has 8 heteroatoms. The molecule has 1 aliphatic heterocycles. The molecule has 27 heavy (non-hydrogen) atoms. The van der Waals surface area contributed by atoms with Gasteiger partial charge in [0.05, 0.1) is 5.60 Å². The van der Waals surface area contributed by atoms with Gasteiger partial charge < -0.3 is 13.6 Å². The van der Waals surface area contributed by atoms with Gasteiger partial charge in [-0.15, -0.1) is 0 Å². The average Bonchev–Trinajstić information content (AvgIpc) is 3.05. The third-order valence-electron chi connectivity index (χ3n) is 4.78. The van der Waals surface area contributed by atoms with Gasteiger partial charge in [0.1, 0.15) is 11.6 Å². The van der Waals surface area contributed by atoms with Crippen molar-refractivity contribution in [1.29, 1.82) is 0 Å². The van der Waals surface area contributed by atoms with Gasteiger partial charge in [0, 0.05) is 36.1 Å². The van der Waals surface area contributed by atoms with Gasteiger partial charge in [-0.1, -0.05) is 11.2 Å². The van der Waals surface area contributed by atoms with Crippen LogP contribution in [0.1, 0.15) is 32.4 Å². The number of aromatic nitrogens is 1. The Labute approximate surface area is 162 Å². The second-order valence-corrected chi connectivity index (χ2v) is 8.05. The van der Waals surface area contributed by atoms with E-state index in [1.807, 2.05) is 19.9 Å². The van der Waals surface area contributed by atoms with Gasteiger partial charge in [-0.3, -0.25) is 5.32 Å². The molecule has 2 heterocycles. The minimum atomic E-state index is -0.386. The summed E-state index contributed by atoms with van der Waals surface area (Å²) in [5.74, 6) is 1.11. The van der Waals surface area contributed by atoms with Gasteiger partial charge in [-0.2, -0.15) is 0 Å². The molecule has 1 aliphatic rings. The summed E-state index contributed by atoms with van der Waals surface area (Å²) in [4.78, 5) is 14.9. The van der Waals surface area contributed by atoms with Gasteiger partial charge in [0.25, 0.3) is 0 Å². The van der Waals surface area contributed by atoms with Crippen molar-refractivity contribution in [3.05, 3.63) is 41.9 Å². The first-order valence-corrected chi connectivity index (χ1v) is 9.68. The molecule has 0 radical (unpaired) electrons. The van der Waals surface area contributed by atoms with E-state index in [1.54, 1.807) is 24.0 Å². The number of aryl methyl sites for hydroxylation is 1. The molecule has 0 bridgehead atoms. The van der Waals surface area contributed by atoms with Crippen molar-refractivity contribution in [1.82, 2.24) is 10.1 Å². The summed E-state index contributed by atoms with van der Waals surface area (Å²) < 4.78 is 24.3. The average molecular weight is 393 g/mol. The Bertz CT molecular complexity index is 788. The second-order valence-electron chi connectivity index (χ2n) is 7.24. The number of benzene rings is 1. The molecule has 2 amide bonds. The van der Waals surface area contributed by atoms with Gasteiger partial charge in [-0.25, -0.2) is 9.18 Å². The van der Waals surface area contributed by atoms with E-state index < -0.39 is 0 Å². The fourth-order valence-corrected chi connectivity index (χ4v) is 3.88. The SMILES string of the molecule is Cc1cc(NC(=O)N2CCC(C(C)(C)OSc3cccc(F)c3)CC2)no1. The van der Waals surface area contributed by atoms with E-state index in [9.17, 15) is 9.18 Å². The highest BCUT2D eigenvalue weighted by Crippen LogP contribution is 2.36. The van der Waals surface area contributed by atoms with Crippen LogP contribution < -0.4 is 5.32 Å². The number of hydrogen-bond acceptors (Lipinski definition) is 5. The molecule has 1 aromatic carbocycles. The minimum Gasteiger partial charge on any atom is -0.360 e. The number of anilines is 1. The van der Waals surface area contributed by atoms with Gasteiger partial charge >= 0.3 is 6.03 Å². The van der Waals surface area contributed by atoms with Crippen LogP contribution in [-0.4, -0.2) is 34.8 Å². The molecule has 3 rings (SSSR count). The number of amides is 2. The third-order valence-corrected chi connectivity index (χ3v) is 5.74. The summed E-state index contributed by atoms with van der Waals surface area (Å²) >= 11 is 1.19. The van der Waals surface area contributed by atoms with E-state index >= 15 is 0 Å². The highest BCUT2D eigenvalue weighted by Gasteiger charge is 2.35. The second kappa shape index (κ2) is 8.31. The Morgan fingerprint density at radius 3 is 2.74 bits per heavy atom. The van der Waals surface area contributed by atoms with Crippen molar-refractivity contribution in [2.45, 2.75) is 44.1 Å². The van der Waals surface area contributed by atoms with Crippen LogP contribution in [0, 0.1) is 18.7 Å². The molecule has 1 fully saturated rings. The first-order chi connectivity index (χ1) is 12.8. The monoisotopic (exact) mass is 393 g/mol. The normalized spacial score (nSPS) is 15.8. The van der Waals surface area contributed by atoms with Gasteiger partial charge in [0.15, 0.2) is 5.82 Å². The summed E-state index contributed by atoms with van der Waals surface area (Å²) in [5.41, 5.74) is -0.386. The number of nitrogens with one attached hydrogen (secondary N) is 1. The number of piperidine rings is 1. The fraction of sp³-hybridized carbons (Fsp3) is 0.474. The highest BCUT2D eigenvalue weighted by molar-refractivity contribution is 7.94. The van der Waals surface area contributed by atoms with Crippen LogP contribution in [0.4, 0.5) is 15.0 Å². The Morgan fingerprint density at radius 2 is 2.11 bits per heavy atom. The Kier molecular flexibility index (Phi) is 6.06. The lowest BCUT2D eigenvalue weighted by Crippen LogP contribution is -2.46. The number of halogens is 1. The molecular formula is C19H24FN3O3S. The van der Waals surface area contributed by atoms with Crippen molar-refractivity contribution in [3.63, 3.8) is 0 Å². The Morgan fingerprint density at radius 1 is 1.37 bits per heavy atom. The zero-order chi connectivity index (χ0) is 19.4. The summed E-state index contributed by atoms with van der Waals surface area (Å²) in [7, 11) is 0. The maximum absolute atomic E-state index is 13.3. The first kappa shape index (κ1) is 19.7. The lowest BCUT2D eigenvalue weighted by atomic mass is 9.83. The zero-order valence-electron chi connectivity index (χ0n) is 15.7. The summed E-state index contributed by atoms with van der Waals surface area (Å²) in [5, 5.41) is 6.53. The zero-order valence-corrected chi connectivity index (χ0v) is 16.5. The molecule has 1 aromatic heterocycles. The van der Waals surface area contributed by atoms with Crippen molar-refractivity contribution in [2.75, 3.05) is 18.4 Å². The molecule has 6 nitrogen and oxygen atoms in total. The largest absolute Gasteiger partial charge is 0.360 e. The molecule has 1 N–H and O–H groups in total. The molecule has 0 atom stereocenters. The highest BCUT2D eigenvalue weighted by atomic mass is 32.2. The molecule has 0 saturated carbocycles. The molecular weight excluding hydrogens is 369 g/mol. The molecule has 0 aliphatic carbocycles. The number of rotatable bonds is 5. The third kappa shape index (κ3) is 5.23. The fourth-order valence-electron chi connectivity index (χ4n) is 3.13. The van der Waals surface area contributed by atoms with E-state index in [1.165, 1.54) is 24.2 Å². The van der Waals surface area contributed by atoms with Gasteiger partial charge in [-0.05, 0) is 57.7 Å². The molecule has 0 unspecified atom stereocenters. The molecule has 2 aromatic rings. The smallest absolute Gasteiger partial charge is 0.323 e. The van der Waals surface area contributed by atoms with Crippen LogP contribution in [-0.2, 0) is 4.18 Å². The lowest BCUT2D eigenvalue weighted by molar-refractivity contribution is 0.0327. The van der Waals surface area contributed by atoms with E-state index in [0.717, 1.165) is 17.7 Å². The van der Waals surface area contributed by atoms with Crippen molar-refractivity contribution in [3.8, 4) is 0 Å². The van der Waals surface area contributed by atoms with Crippen molar-refractivity contribution >= 4 is 23.9 Å². The number of carbonyl (C=O) groups is 1. The van der Waals surface area contributed by atoms with Gasteiger partial charge in [0.2, 0.25) is 0 Å². The van der Waals surface area contributed by atoms with E-state index in [2.05, 4.69) is 10.5 Å². The lowest BCUT2D eigenvalue weighted by Gasteiger charge is -2.39. The van der Waals surface area contributed by atoms with Crippen LogP contribution >= 0.6 is 12.0 Å². The topological polar surface area (TPSA) is 67.6 Å². The number of hydrogen-bond donors (Lipinski definition) is 1. The maximum atomic E-state index is 13.3. The first-order valence-electron chi connectivity index (χ1n) is 8.94. The molecule has 1 saturated heterocycles. The predicted molar refractivity (Wildman–Crippen MR) is 102 cm³/mol. The van der Waals surface area contributed by atoms with Crippen molar-refractivity contribution in [2.24, 2.45) is 5.92 Å². The van der Waals surface area contributed by atoms with E-state index in [0.29, 0.717) is 30.6 Å². The quantitative estimate of drug-likeness (QED) is 0.734. The maximum Gasteiger partial charge on any atom is 0.323 e. The van der Waals surface area contributed by atoms with Crippen LogP contribution in [0.15, 0.2) is 39.8 Å². The Hall–Kier alpha value is -2.06. The van der Waals surface area contributed by atoms with Crippen LogP contribution in [0.25, 0.3) is 0 Å². The van der Waals surface area contributed by atoms with Crippen LogP contribution in [0.2, 0.25) is 0 Å². The summed E-state index contributed by atoms with van der Waals surface area (Å²) in [6.07, 6.45) is 1.67. The molecule has 0 spiro atoms. The summed E-state index contributed by atoms with van der Waals surface area (Å²) in [6, 6.07) is 7.87. The van der Waals surface area contributed by atoms with Crippen LogP contribution in [0.5, 0.6) is 0 Å². The predicted octanol–water partition coefficient (Wildman–Crippen LogP) is 4.87. The standard InChI is InChI=1S/C19H24FN3O3S/c1-13-11-17(22-25-13)21-18(24)23-9-7-14(8-10-23)19(2,3)26-27-16-6-4-5-15(20)12-16/h4-6,11-12,14H,7-10H2,1-3H3,(H,21,22,24). The van der Waals surface area contributed by atoms with E-state index in [4.69, 9.17) is 8.71 Å². The number of urea groups is 1. The molecule has 146 valence electrons. The number of nitrogens with zero attached hydrogens (tertiary/aromatic N) is 2. The van der Waals surface area contributed by atoms with E-state index in [-0.39, 0.29) is 17.4 Å². The number of likely N-dealkylation sites (tertiary alicyclic amines) is 1.